The van der Waals surface area contributed by atoms with Crippen LogP contribution in [0.1, 0.15) is 22.8 Å². The number of rotatable bonds is 6. The Bertz CT molecular complexity index is 635. The van der Waals surface area contributed by atoms with Crippen LogP contribution in [0.5, 0.6) is 0 Å². The molecule has 0 spiro atoms. The zero-order valence-corrected chi connectivity index (χ0v) is 12.3. The Hall–Kier alpha value is -2.30. The van der Waals surface area contributed by atoms with Gasteiger partial charge in [-0.3, -0.25) is 20.6 Å². The van der Waals surface area contributed by atoms with Crippen molar-refractivity contribution < 1.29 is 4.79 Å². The average molecular weight is 281 g/mol. The van der Waals surface area contributed by atoms with Crippen molar-refractivity contribution in [1.29, 1.82) is 0 Å². The molecule has 0 aliphatic rings. The number of benzene rings is 2. The van der Waals surface area contributed by atoms with Crippen molar-refractivity contribution in [2.75, 3.05) is 13.6 Å². The lowest BCUT2D eigenvalue weighted by molar-refractivity contribution is 0.0988. The highest BCUT2D eigenvalue weighted by atomic mass is 16.1. The van der Waals surface area contributed by atoms with E-state index in [-0.39, 0.29) is 12.3 Å². The first kappa shape index (κ1) is 15.1. The number of carbonyl (C=O) groups is 1. The van der Waals surface area contributed by atoms with Crippen molar-refractivity contribution in [2.45, 2.75) is 6.92 Å². The fraction of sp³-hybridized carbons (Fsp3) is 0.176. The number of hydrogen-bond acceptors (Lipinski definition) is 4. The van der Waals surface area contributed by atoms with Crippen LogP contribution in [-0.4, -0.2) is 25.1 Å². The van der Waals surface area contributed by atoms with Crippen LogP contribution in [0.3, 0.4) is 0 Å². The Morgan fingerprint density at radius 1 is 1.05 bits per heavy atom. The summed E-state index contributed by atoms with van der Waals surface area (Å²) in [6, 6.07) is 17.3. The fourth-order valence-corrected chi connectivity index (χ4v) is 2.00. The third kappa shape index (κ3) is 4.08. The number of nitrogens with one attached hydrogen (secondary N) is 2. The maximum atomic E-state index is 12.2. The molecule has 0 saturated carbocycles. The summed E-state index contributed by atoms with van der Waals surface area (Å²) in [7, 11) is 1.73. The molecule has 108 valence electrons. The molecule has 2 rings (SSSR count). The van der Waals surface area contributed by atoms with Crippen LogP contribution in [0.25, 0.3) is 0 Å². The van der Waals surface area contributed by atoms with Crippen LogP contribution in [0.15, 0.2) is 59.6 Å². The van der Waals surface area contributed by atoms with Gasteiger partial charge in [0.1, 0.15) is 0 Å². The summed E-state index contributed by atoms with van der Waals surface area (Å²) in [5, 5.41) is 0. The van der Waals surface area contributed by atoms with E-state index in [1.54, 1.807) is 13.1 Å². The van der Waals surface area contributed by atoms with Gasteiger partial charge in [-0.25, -0.2) is 0 Å². The topological polar surface area (TPSA) is 53.5 Å². The minimum absolute atomic E-state index is 0.00422. The highest BCUT2D eigenvalue weighted by molar-refractivity contribution is 6.05. The Kier molecular flexibility index (Phi) is 5.37. The van der Waals surface area contributed by atoms with Crippen LogP contribution >= 0.6 is 0 Å². The Balaban J connectivity index is 2.30. The maximum Gasteiger partial charge on any atom is 0.180 e. The number of aliphatic imine (C=N–C) groups is 1. The predicted molar refractivity (Wildman–Crippen MR) is 86.1 cm³/mol. The Morgan fingerprint density at radius 2 is 1.71 bits per heavy atom. The van der Waals surface area contributed by atoms with Crippen LogP contribution in [0.2, 0.25) is 0 Å². The molecule has 0 atom stereocenters. The molecular weight excluding hydrogens is 262 g/mol. The largest absolute Gasteiger partial charge is 0.293 e. The van der Waals surface area contributed by atoms with Crippen molar-refractivity contribution in [3.63, 3.8) is 0 Å². The zero-order valence-electron chi connectivity index (χ0n) is 12.3. The molecule has 0 aromatic heterocycles. The van der Waals surface area contributed by atoms with Gasteiger partial charge < -0.3 is 0 Å². The highest BCUT2D eigenvalue weighted by Gasteiger charge is 2.10. The van der Waals surface area contributed by atoms with Gasteiger partial charge in [0.2, 0.25) is 0 Å². The number of hydrogen-bond donors (Lipinski definition) is 2. The molecule has 0 saturated heterocycles. The molecule has 2 aromatic carbocycles. The van der Waals surface area contributed by atoms with E-state index >= 15 is 0 Å². The second-order valence-electron chi connectivity index (χ2n) is 4.61. The van der Waals surface area contributed by atoms with Crippen molar-refractivity contribution in [3.8, 4) is 0 Å². The Morgan fingerprint density at radius 3 is 2.43 bits per heavy atom. The highest BCUT2D eigenvalue weighted by Crippen LogP contribution is 2.20. The minimum Gasteiger partial charge on any atom is -0.293 e. The first-order valence-corrected chi connectivity index (χ1v) is 6.85. The van der Waals surface area contributed by atoms with Gasteiger partial charge in [0.25, 0.3) is 0 Å². The summed E-state index contributed by atoms with van der Waals surface area (Å²) in [6.45, 7) is 2.18. The maximum absolute atomic E-state index is 12.2. The average Bonchev–Trinajstić information content (AvgIpc) is 2.54. The molecule has 2 aromatic rings. The van der Waals surface area contributed by atoms with Crippen LogP contribution in [0, 0.1) is 0 Å². The second kappa shape index (κ2) is 7.47. The van der Waals surface area contributed by atoms with Crippen LogP contribution in [0.4, 0.5) is 5.69 Å². The van der Waals surface area contributed by atoms with E-state index in [9.17, 15) is 4.79 Å². The summed E-state index contributed by atoms with van der Waals surface area (Å²) in [5.41, 5.74) is 8.81. The van der Waals surface area contributed by atoms with Crippen molar-refractivity contribution >= 4 is 17.2 Å². The molecule has 0 aliphatic carbocycles. The zero-order chi connectivity index (χ0) is 15.1. The second-order valence-corrected chi connectivity index (χ2v) is 4.61. The summed E-state index contributed by atoms with van der Waals surface area (Å²) in [6.07, 6.45) is 0. The Labute approximate surface area is 124 Å². The molecule has 0 fully saturated rings. The molecule has 0 bridgehead atoms. The van der Waals surface area contributed by atoms with Crippen LogP contribution < -0.4 is 10.9 Å². The van der Waals surface area contributed by atoms with E-state index < -0.39 is 0 Å². The molecular formula is C17H19N3O. The fourth-order valence-electron chi connectivity index (χ4n) is 2.00. The van der Waals surface area contributed by atoms with Gasteiger partial charge in [-0.1, -0.05) is 42.5 Å². The predicted octanol–water partition coefficient (Wildman–Crippen LogP) is 2.73. The van der Waals surface area contributed by atoms with Gasteiger partial charge in [-0.05, 0) is 31.7 Å². The first-order chi connectivity index (χ1) is 10.2. The molecule has 21 heavy (non-hydrogen) atoms. The van der Waals surface area contributed by atoms with E-state index in [4.69, 9.17) is 0 Å². The van der Waals surface area contributed by atoms with Gasteiger partial charge in [-0.15, -0.1) is 0 Å². The number of nitrogens with zero attached hydrogens (tertiary/aromatic N) is 1. The van der Waals surface area contributed by atoms with E-state index in [0.29, 0.717) is 11.3 Å². The number of hydrazine groups is 1. The van der Waals surface area contributed by atoms with Gasteiger partial charge in [-0.2, -0.15) is 0 Å². The minimum atomic E-state index is 0.00422. The molecule has 4 heteroatoms. The summed E-state index contributed by atoms with van der Waals surface area (Å²) in [4.78, 5) is 16.8. The first-order valence-electron chi connectivity index (χ1n) is 6.85. The lowest BCUT2D eigenvalue weighted by atomic mass is 10.1. The van der Waals surface area contributed by atoms with Crippen molar-refractivity contribution in [3.05, 3.63) is 65.7 Å². The van der Waals surface area contributed by atoms with Crippen LogP contribution in [-0.2, 0) is 0 Å². The SMILES string of the molecule is CNNCC(=O)c1ccccc1N=C(C)c1ccccc1. The number of para-hydroxylation sites is 1. The summed E-state index contributed by atoms with van der Waals surface area (Å²) >= 11 is 0. The van der Waals surface area contributed by atoms with Crippen molar-refractivity contribution in [2.24, 2.45) is 4.99 Å². The number of ketones is 1. The molecule has 0 aliphatic heterocycles. The lowest BCUT2D eigenvalue weighted by Gasteiger charge is -2.07. The quantitative estimate of drug-likeness (QED) is 0.486. The summed E-state index contributed by atoms with van der Waals surface area (Å²) < 4.78 is 0. The molecule has 0 heterocycles. The normalized spacial score (nSPS) is 11.4. The lowest BCUT2D eigenvalue weighted by Crippen LogP contribution is -2.32. The van der Waals surface area contributed by atoms with Gasteiger partial charge >= 0.3 is 0 Å². The van der Waals surface area contributed by atoms with Gasteiger partial charge in [0, 0.05) is 11.3 Å². The van der Waals surface area contributed by atoms with E-state index in [1.807, 2.05) is 55.5 Å². The molecule has 0 radical (unpaired) electrons. The van der Waals surface area contributed by atoms with E-state index in [2.05, 4.69) is 15.8 Å². The van der Waals surface area contributed by atoms with E-state index in [0.717, 1.165) is 11.3 Å². The smallest absolute Gasteiger partial charge is 0.180 e. The number of carbonyl (C=O) groups excluding carboxylic acids is 1. The van der Waals surface area contributed by atoms with Crippen molar-refractivity contribution in [1.82, 2.24) is 10.9 Å². The molecule has 2 N–H and O–H groups in total. The van der Waals surface area contributed by atoms with E-state index in [1.165, 1.54) is 0 Å². The monoisotopic (exact) mass is 281 g/mol. The summed E-state index contributed by atoms with van der Waals surface area (Å²) in [5.74, 6) is 0.00422. The third-order valence-electron chi connectivity index (χ3n) is 3.11. The van der Waals surface area contributed by atoms with Gasteiger partial charge in [0.05, 0.1) is 12.2 Å². The third-order valence-corrected chi connectivity index (χ3v) is 3.11. The molecule has 0 amide bonds. The number of Topliss-reactive ketones (excluding diaryl/α,β-unsaturated/α-hetero) is 1. The molecule has 0 unspecified atom stereocenters. The van der Waals surface area contributed by atoms with Gasteiger partial charge in [0.15, 0.2) is 5.78 Å². The standard InChI is InChI=1S/C17H19N3O/c1-13(14-8-4-3-5-9-14)20-16-11-7-6-10-15(16)17(21)12-19-18-2/h3-11,18-19H,12H2,1-2H3. The molecule has 4 nitrogen and oxygen atoms in total.